The summed E-state index contributed by atoms with van der Waals surface area (Å²) < 4.78 is 11.1. The number of carbonyl (C=O) groups is 2. The van der Waals surface area contributed by atoms with Gasteiger partial charge in [-0.05, 0) is 63.1 Å². The van der Waals surface area contributed by atoms with Gasteiger partial charge in [0.25, 0.3) is 11.8 Å². The fourth-order valence-electron chi connectivity index (χ4n) is 3.06. The monoisotopic (exact) mass is 356 g/mol. The summed E-state index contributed by atoms with van der Waals surface area (Å²) in [7, 11) is 0. The molecule has 0 radical (unpaired) electrons. The predicted octanol–water partition coefficient (Wildman–Crippen LogP) is 3.10. The first kappa shape index (κ1) is 18.0. The molecule has 6 nitrogen and oxygen atoms in total. The molecule has 0 bridgehead atoms. The molecule has 2 aromatic rings. The highest BCUT2D eigenvalue weighted by Gasteiger charge is 2.31. The molecule has 1 N–H and O–H groups in total. The molecule has 6 heteroatoms. The summed E-state index contributed by atoms with van der Waals surface area (Å²) in [6.45, 7) is 4.98. The third-order valence-corrected chi connectivity index (χ3v) is 4.35. The highest BCUT2D eigenvalue weighted by molar-refractivity contribution is 5.94. The van der Waals surface area contributed by atoms with Crippen molar-refractivity contribution >= 4 is 11.8 Å². The van der Waals surface area contributed by atoms with Crippen LogP contribution in [0.15, 0.2) is 47.1 Å². The molecule has 2 heterocycles. The molecular weight excluding hydrogens is 332 g/mol. The van der Waals surface area contributed by atoms with Crippen LogP contribution in [0.1, 0.15) is 47.6 Å². The van der Waals surface area contributed by atoms with Crippen LogP contribution in [0.4, 0.5) is 0 Å². The van der Waals surface area contributed by atoms with Crippen molar-refractivity contribution in [2.24, 2.45) is 0 Å². The molecule has 26 heavy (non-hydrogen) atoms. The SMILES string of the molecule is CC(C)NC(=O)c1ccc(OC[C@@H]2CCCN2C(=O)c2ccco2)cc1. The van der Waals surface area contributed by atoms with E-state index in [4.69, 9.17) is 9.15 Å². The fraction of sp³-hybridized carbons (Fsp3) is 0.400. The average molecular weight is 356 g/mol. The van der Waals surface area contributed by atoms with Crippen molar-refractivity contribution in [3.05, 3.63) is 54.0 Å². The van der Waals surface area contributed by atoms with E-state index in [1.807, 2.05) is 18.7 Å². The first-order valence-corrected chi connectivity index (χ1v) is 8.93. The number of hydrogen-bond donors (Lipinski definition) is 1. The lowest BCUT2D eigenvalue weighted by Crippen LogP contribution is -2.38. The Labute approximate surface area is 153 Å². The summed E-state index contributed by atoms with van der Waals surface area (Å²) in [5, 5.41) is 2.85. The second kappa shape index (κ2) is 8.08. The molecule has 1 aliphatic rings. The van der Waals surface area contributed by atoms with Crippen molar-refractivity contribution in [3.8, 4) is 5.75 Å². The smallest absolute Gasteiger partial charge is 0.289 e. The Morgan fingerprint density at radius 3 is 2.69 bits per heavy atom. The molecule has 1 fully saturated rings. The Morgan fingerprint density at radius 2 is 2.04 bits per heavy atom. The zero-order valence-corrected chi connectivity index (χ0v) is 15.1. The minimum absolute atomic E-state index is 0.0246. The van der Waals surface area contributed by atoms with Gasteiger partial charge < -0.3 is 19.4 Å². The van der Waals surface area contributed by atoms with Gasteiger partial charge in [-0.1, -0.05) is 0 Å². The number of furan rings is 1. The van der Waals surface area contributed by atoms with Gasteiger partial charge in [0, 0.05) is 18.2 Å². The molecule has 1 atom stereocenters. The van der Waals surface area contributed by atoms with E-state index in [2.05, 4.69) is 5.32 Å². The van der Waals surface area contributed by atoms with E-state index >= 15 is 0 Å². The number of likely N-dealkylation sites (tertiary alicyclic amines) is 1. The Kier molecular flexibility index (Phi) is 5.61. The van der Waals surface area contributed by atoms with E-state index in [1.54, 1.807) is 36.4 Å². The molecule has 1 saturated heterocycles. The highest BCUT2D eigenvalue weighted by Crippen LogP contribution is 2.22. The van der Waals surface area contributed by atoms with Crippen molar-refractivity contribution in [2.45, 2.75) is 38.8 Å². The average Bonchev–Trinajstić information content (AvgIpc) is 3.31. The second-order valence-electron chi connectivity index (χ2n) is 6.74. The van der Waals surface area contributed by atoms with Crippen LogP contribution in [0, 0.1) is 0 Å². The molecule has 0 aliphatic carbocycles. The number of hydrogen-bond acceptors (Lipinski definition) is 4. The molecule has 0 unspecified atom stereocenters. The highest BCUT2D eigenvalue weighted by atomic mass is 16.5. The van der Waals surface area contributed by atoms with Crippen LogP contribution >= 0.6 is 0 Å². The molecule has 0 spiro atoms. The Morgan fingerprint density at radius 1 is 1.27 bits per heavy atom. The minimum Gasteiger partial charge on any atom is -0.491 e. The normalized spacial score (nSPS) is 16.7. The zero-order chi connectivity index (χ0) is 18.5. The third-order valence-electron chi connectivity index (χ3n) is 4.35. The first-order valence-electron chi connectivity index (χ1n) is 8.93. The van der Waals surface area contributed by atoms with Crippen molar-refractivity contribution in [1.29, 1.82) is 0 Å². The summed E-state index contributed by atoms with van der Waals surface area (Å²) >= 11 is 0. The number of benzene rings is 1. The lowest BCUT2D eigenvalue weighted by Gasteiger charge is -2.24. The molecule has 138 valence electrons. The van der Waals surface area contributed by atoms with Crippen LogP contribution in [0.2, 0.25) is 0 Å². The van der Waals surface area contributed by atoms with E-state index in [9.17, 15) is 9.59 Å². The molecule has 2 amide bonds. The van der Waals surface area contributed by atoms with Crippen molar-refractivity contribution in [1.82, 2.24) is 10.2 Å². The zero-order valence-electron chi connectivity index (χ0n) is 15.1. The van der Waals surface area contributed by atoms with Crippen molar-refractivity contribution < 1.29 is 18.7 Å². The van der Waals surface area contributed by atoms with Crippen LogP contribution in [0.25, 0.3) is 0 Å². The number of ether oxygens (including phenoxy) is 1. The van der Waals surface area contributed by atoms with Gasteiger partial charge in [-0.15, -0.1) is 0 Å². The Bertz CT molecular complexity index is 738. The summed E-state index contributed by atoms with van der Waals surface area (Å²) in [5.41, 5.74) is 0.599. The number of amides is 2. The van der Waals surface area contributed by atoms with Gasteiger partial charge in [0.2, 0.25) is 0 Å². The number of nitrogens with one attached hydrogen (secondary N) is 1. The quantitative estimate of drug-likeness (QED) is 0.863. The van der Waals surface area contributed by atoms with Gasteiger partial charge in [-0.3, -0.25) is 9.59 Å². The summed E-state index contributed by atoms with van der Waals surface area (Å²) in [5.74, 6) is 0.847. The Balaban J connectivity index is 1.56. The third kappa shape index (κ3) is 4.25. The van der Waals surface area contributed by atoms with E-state index in [-0.39, 0.29) is 23.9 Å². The number of carbonyl (C=O) groups excluding carboxylic acids is 2. The maximum Gasteiger partial charge on any atom is 0.289 e. The fourth-order valence-corrected chi connectivity index (χ4v) is 3.06. The molecule has 1 aliphatic heterocycles. The van der Waals surface area contributed by atoms with Gasteiger partial charge in [0.05, 0.1) is 12.3 Å². The second-order valence-corrected chi connectivity index (χ2v) is 6.74. The Hall–Kier alpha value is -2.76. The largest absolute Gasteiger partial charge is 0.491 e. The van der Waals surface area contributed by atoms with Crippen LogP contribution in [0.5, 0.6) is 5.75 Å². The molecule has 0 saturated carbocycles. The predicted molar refractivity (Wildman–Crippen MR) is 97.3 cm³/mol. The molecular formula is C20H24N2O4. The van der Waals surface area contributed by atoms with E-state index in [0.29, 0.717) is 30.2 Å². The summed E-state index contributed by atoms with van der Waals surface area (Å²) in [6.07, 6.45) is 3.36. The van der Waals surface area contributed by atoms with Crippen LogP contribution in [-0.2, 0) is 0 Å². The molecule has 3 rings (SSSR count). The maximum atomic E-state index is 12.5. The van der Waals surface area contributed by atoms with Gasteiger partial charge in [-0.25, -0.2) is 0 Å². The lowest BCUT2D eigenvalue weighted by molar-refractivity contribution is 0.0659. The van der Waals surface area contributed by atoms with Gasteiger partial charge in [0.15, 0.2) is 5.76 Å². The van der Waals surface area contributed by atoms with Crippen LogP contribution in [-0.4, -0.2) is 41.9 Å². The molecule has 1 aromatic heterocycles. The standard InChI is InChI=1S/C20H24N2O4/c1-14(2)21-19(23)15-7-9-17(10-8-15)26-13-16-5-3-11-22(16)20(24)18-6-4-12-25-18/h4,6-10,12,14,16H,3,5,11,13H2,1-2H3,(H,21,23)/t16-/m0/s1. The summed E-state index contributed by atoms with van der Waals surface area (Å²) in [4.78, 5) is 26.2. The van der Waals surface area contributed by atoms with E-state index < -0.39 is 0 Å². The van der Waals surface area contributed by atoms with Crippen LogP contribution in [0.3, 0.4) is 0 Å². The maximum absolute atomic E-state index is 12.5. The van der Waals surface area contributed by atoms with Gasteiger partial charge in [0.1, 0.15) is 12.4 Å². The lowest BCUT2D eigenvalue weighted by atomic mass is 10.2. The number of nitrogens with zero attached hydrogens (tertiary/aromatic N) is 1. The van der Waals surface area contributed by atoms with E-state index in [1.165, 1.54) is 6.26 Å². The first-order chi connectivity index (χ1) is 12.5. The van der Waals surface area contributed by atoms with Crippen LogP contribution < -0.4 is 10.1 Å². The van der Waals surface area contributed by atoms with Crippen molar-refractivity contribution in [2.75, 3.05) is 13.2 Å². The van der Waals surface area contributed by atoms with E-state index in [0.717, 1.165) is 12.8 Å². The topological polar surface area (TPSA) is 71.8 Å². The minimum atomic E-state index is -0.0995. The van der Waals surface area contributed by atoms with Gasteiger partial charge in [-0.2, -0.15) is 0 Å². The van der Waals surface area contributed by atoms with Crippen molar-refractivity contribution in [3.63, 3.8) is 0 Å². The molecule has 1 aromatic carbocycles. The van der Waals surface area contributed by atoms with Gasteiger partial charge >= 0.3 is 0 Å². The summed E-state index contributed by atoms with van der Waals surface area (Å²) in [6, 6.07) is 10.6. The number of rotatable bonds is 6.